The maximum absolute atomic E-state index is 5.78. The van der Waals surface area contributed by atoms with Crippen LogP contribution in [-0.4, -0.2) is 25.2 Å². The molecule has 0 unspecified atom stereocenters. The highest BCUT2D eigenvalue weighted by Crippen LogP contribution is 2.24. The highest BCUT2D eigenvalue weighted by Gasteiger charge is 2.32. The van der Waals surface area contributed by atoms with Crippen LogP contribution >= 0.6 is 0 Å². The topological polar surface area (TPSA) is 21.7 Å². The number of benzene rings is 1. The zero-order valence-electron chi connectivity index (χ0n) is 9.27. The molecule has 3 nitrogen and oxygen atoms in total. The first-order chi connectivity index (χ1) is 7.35. The Morgan fingerprint density at radius 2 is 2.00 bits per heavy atom. The van der Waals surface area contributed by atoms with Crippen molar-refractivity contribution in [3.63, 3.8) is 0 Å². The van der Waals surface area contributed by atoms with Crippen LogP contribution in [-0.2, 0) is 11.3 Å². The average Bonchev–Trinajstić information content (AvgIpc) is 2.30. The highest BCUT2D eigenvalue weighted by atomic mass is 16.6. The number of para-hydroxylation sites is 1. The van der Waals surface area contributed by atoms with Crippen LogP contribution in [0.3, 0.4) is 0 Å². The van der Waals surface area contributed by atoms with Gasteiger partial charge in [0.2, 0.25) is 0 Å². The summed E-state index contributed by atoms with van der Waals surface area (Å²) >= 11 is 0. The molecule has 1 heterocycles. The van der Waals surface area contributed by atoms with Gasteiger partial charge in [0.15, 0.2) is 0 Å². The predicted octanol–water partition coefficient (Wildman–Crippen LogP) is 1.92. The molecule has 0 bridgehead atoms. The zero-order valence-corrected chi connectivity index (χ0v) is 9.27. The van der Waals surface area contributed by atoms with Crippen LogP contribution in [0.2, 0.25) is 0 Å². The van der Waals surface area contributed by atoms with Crippen LogP contribution in [0.15, 0.2) is 24.3 Å². The Morgan fingerprint density at radius 3 is 2.73 bits per heavy atom. The van der Waals surface area contributed by atoms with E-state index in [0.29, 0.717) is 6.61 Å². The van der Waals surface area contributed by atoms with E-state index < -0.39 is 0 Å². The quantitative estimate of drug-likeness (QED) is 0.703. The van der Waals surface area contributed by atoms with Crippen molar-refractivity contribution in [3.8, 4) is 5.75 Å². The Kier molecular flexibility index (Phi) is 3.28. The lowest BCUT2D eigenvalue weighted by Gasteiger charge is -2.29. The van der Waals surface area contributed by atoms with E-state index in [-0.39, 0.29) is 7.25 Å². The van der Waals surface area contributed by atoms with E-state index in [1.54, 1.807) is 0 Å². The van der Waals surface area contributed by atoms with Crippen LogP contribution in [0, 0.1) is 0 Å². The summed E-state index contributed by atoms with van der Waals surface area (Å²) < 4.78 is 11.4. The molecule has 2 rings (SSSR count). The number of nitrogens with zero attached hydrogens (tertiary/aromatic N) is 1. The van der Waals surface area contributed by atoms with Crippen molar-refractivity contribution in [1.82, 2.24) is 4.81 Å². The standard InChI is InChI=1S/C11H16BNO2/c1-3-13(4-2)12-14-9-10-7-5-6-8-11(10)15-12/h5-8H,3-4,9H2,1-2H3. The van der Waals surface area contributed by atoms with Gasteiger partial charge in [-0.05, 0) is 19.2 Å². The van der Waals surface area contributed by atoms with Gasteiger partial charge in [-0.15, -0.1) is 0 Å². The maximum Gasteiger partial charge on any atom is 0.629 e. The molecule has 1 aliphatic heterocycles. The van der Waals surface area contributed by atoms with Gasteiger partial charge < -0.3 is 9.31 Å². The molecule has 15 heavy (non-hydrogen) atoms. The SMILES string of the molecule is CCN(CC)B1OCc2ccccc2O1. The minimum Gasteiger partial charge on any atom is -0.522 e. The lowest BCUT2D eigenvalue weighted by Crippen LogP contribution is -2.48. The number of rotatable bonds is 3. The fraction of sp³-hybridized carbons (Fsp3) is 0.455. The van der Waals surface area contributed by atoms with Gasteiger partial charge in [0, 0.05) is 5.56 Å². The summed E-state index contributed by atoms with van der Waals surface area (Å²) in [5.41, 5.74) is 1.13. The Hall–Kier alpha value is -0.995. The van der Waals surface area contributed by atoms with Crippen LogP contribution in [0.4, 0.5) is 0 Å². The van der Waals surface area contributed by atoms with E-state index >= 15 is 0 Å². The fourth-order valence-electron chi connectivity index (χ4n) is 1.74. The number of fused-ring (bicyclic) bond motifs is 1. The molecule has 0 N–H and O–H groups in total. The minimum atomic E-state index is -0.227. The molecule has 0 fully saturated rings. The van der Waals surface area contributed by atoms with Gasteiger partial charge in [-0.3, -0.25) is 4.81 Å². The molecule has 0 saturated heterocycles. The second-order valence-electron chi connectivity index (χ2n) is 3.56. The molecule has 0 atom stereocenters. The first-order valence-electron chi connectivity index (χ1n) is 5.45. The van der Waals surface area contributed by atoms with Crippen molar-refractivity contribution in [2.75, 3.05) is 13.1 Å². The lowest BCUT2D eigenvalue weighted by atomic mass is 10.0. The van der Waals surface area contributed by atoms with E-state index in [2.05, 4.69) is 18.7 Å². The average molecular weight is 205 g/mol. The van der Waals surface area contributed by atoms with Crippen molar-refractivity contribution in [2.24, 2.45) is 0 Å². The number of hydrogen-bond donors (Lipinski definition) is 0. The molecule has 0 spiro atoms. The van der Waals surface area contributed by atoms with Crippen LogP contribution in [0.5, 0.6) is 5.75 Å². The molecule has 0 saturated carbocycles. The second kappa shape index (κ2) is 4.68. The summed E-state index contributed by atoms with van der Waals surface area (Å²) in [6.07, 6.45) is 0. The molecular formula is C11H16BNO2. The summed E-state index contributed by atoms with van der Waals surface area (Å²) in [6.45, 7) is 6.72. The van der Waals surface area contributed by atoms with E-state index in [1.807, 2.05) is 24.3 Å². The van der Waals surface area contributed by atoms with Crippen LogP contribution in [0.25, 0.3) is 0 Å². The van der Waals surface area contributed by atoms with Gasteiger partial charge in [-0.25, -0.2) is 0 Å². The van der Waals surface area contributed by atoms with Gasteiger partial charge in [-0.1, -0.05) is 32.0 Å². The van der Waals surface area contributed by atoms with E-state index in [0.717, 1.165) is 24.4 Å². The van der Waals surface area contributed by atoms with E-state index in [1.165, 1.54) is 0 Å². The van der Waals surface area contributed by atoms with Gasteiger partial charge in [0.25, 0.3) is 0 Å². The molecule has 80 valence electrons. The van der Waals surface area contributed by atoms with Gasteiger partial charge in [0.05, 0.1) is 6.61 Å². The number of hydrogen-bond acceptors (Lipinski definition) is 3. The highest BCUT2D eigenvalue weighted by molar-refractivity contribution is 6.42. The van der Waals surface area contributed by atoms with Crippen molar-refractivity contribution in [2.45, 2.75) is 20.5 Å². The maximum atomic E-state index is 5.78. The van der Waals surface area contributed by atoms with E-state index in [9.17, 15) is 0 Å². The summed E-state index contributed by atoms with van der Waals surface area (Å²) in [6, 6.07) is 8.02. The Balaban J connectivity index is 2.11. The van der Waals surface area contributed by atoms with Crippen molar-refractivity contribution >= 4 is 7.25 Å². The van der Waals surface area contributed by atoms with Gasteiger partial charge in [-0.2, -0.15) is 0 Å². The second-order valence-corrected chi connectivity index (χ2v) is 3.56. The largest absolute Gasteiger partial charge is 0.629 e. The fourth-order valence-corrected chi connectivity index (χ4v) is 1.74. The minimum absolute atomic E-state index is 0.227. The molecule has 4 heteroatoms. The monoisotopic (exact) mass is 205 g/mol. The Bertz CT molecular complexity index is 328. The summed E-state index contributed by atoms with van der Waals surface area (Å²) in [4.78, 5) is 2.15. The summed E-state index contributed by atoms with van der Waals surface area (Å²) in [7, 11) is -0.227. The van der Waals surface area contributed by atoms with Gasteiger partial charge in [0.1, 0.15) is 5.75 Å². The van der Waals surface area contributed by atoms with E-state index in [4.69, 9.17) is 9.31 Å². The third-order valence-electron chi connectivity index (χ3n) is 2.69. The van der Waals surface area contributed by atoms with Crippen molar-refractivity contribution in [1.29, 1.82) is 0 Å². The first-order valence-corrected chi connectivity index (χ1v) is 5.45. The molecular weight excluding hydrogens is 189 g/mol. The normalized spacial score (nSPS) is 15.0. The molecule has 0 radical (unpaired) electrons. The molecule has 1 aliphatic rings. The molecule has 1 aromatic rings. The third-order valence-corrected chi connectivity index (χ3v) is 2.69. The van der Waals surface area contributed by atoms with Gasteiger partial charge >= 0.3 is 7.25 Å². The third kappa shape index (κ3) is 2.16. The summed E-state index contributed by atoms with van der Waals surface area (Å²) in [5, 5.41) is 0. The Morgan fingerprint density at radius 1 is 1.27 bits per heavy atom. The molecule has 0 amide bonds. The zero-order chi connectivity index (χ0) is 10.7. The Labute approximate surface area is 91.2 Å². The smallest absolute Gasteiger partial charge is 0.522 e. The van der Waals surface area contributed by atoms with Crippen molar-refractivity contribution in [3.05, 3.63) is 29.8 Å². The lowest BCUT2D eigenvalue weighted by molar-refractivity contribution is 0.174. The van der Waals surface area contributed by atoms with Crippen LogP contribution in [0.1, 0.15) is 19.4 Å². The predicted molar refractivity (Wildman–Crippen MR) is 60.5 cm³/mol. The molecule has 1 aromatic carbocycles. The van der Waals surface area contributed by atoms with Crippen LogP contribution < -0.4 is 4.65 Å². The van der Waals surface area contributed by atoms with Crippen molar-refractivity contribution < 1.29 is 9.31 Å². The summed E-state index contributed by atoms with van der Waals surface area (Å²) in [5.74, 6) is 0.945. The molecule has 0 aromatic heterocycles. The first kappa shape index (κ1) is 10.5. The molecule has 0 aliphatic carbocycles.